The molecule has 2 atom stereocenters. The van der Waals surface area contributed by atoms with Crippen molar-refractivity contribution in [2.24, 2.45) is 0 Å². The lowest BCUT2D eigenvalue weighted by molar-refractivity contribution is 0.0599. The van der Waals surface area contributed by atoms with Gasteiger partial charge in [0.25, 0.3) is 0 Å². The lowest BCUT2D eigenvalue weighted by Gasteiger charge is -2.15. The van der Waals surface area contributed by atoms with Crippen molar-refractivity contribution in [3.8, 4) is 0 Å². The van der Waals surface area contributed by atoms with Gasteiger partial charge in [-0.1, -0.05) is 103 Å². The summed E-state index contributed by atoms with van der Waals surface area (Å²) >= 11 is 0. The second-order valence-corrected chi connectivity index (χ2v) is 11.1. The first kappa shape index (κ1) is 30.2. The standard InChI is InChI=1S/C22H47O6PS/c1-3-4-5-6-7-8-9-10-11-12-13-14-15-16-17-18-19-30(26)21-22(27-2)20-28-29(23,24)25/h22H,3-21H2,1-2H3,(H2,23,24,25). The zero-order chi connectivity index (χ0) is 22.5. The Labute approximate surface area is 187 Å². The van der Waals surface area contributed by atoms with Gasteiger partial charge in [0.05, 0.1) is 18.5 Å². The molecule has 0 amide bonds. The molecule has 0 saturated carbocycles. The molecule has 0 radical (unpaired) electrons. The number of phosphoric acid groups is 1. The largest absolute Gasteiger partial charge is 0.469 e. The smallest absolute Gasteiger partial charge is 0.378 e. The molecule has 0 heterocycles. The zero-order valence-corrected chi connectivity index (χ0v) is 21.1. The minimum absolute atomic E-state index is 0.245. The van der Waals surface area contributed by atoms with E-state index in [1.807, 2.05) is 0 Å². The fourth-order valence-corrected chi connectivity index (χ4v) is 5.17. The predicted molar refractivity (Wildman–Crippen MR) is 126 cm³/mol. The summed E-state index contributed by atoms with van der Waals surface area (Å²) in [5, 5.41) is 0. The summed E-state index contributed by atoms with van der Waals surface area (Å²) in [6.07, 6.45) is 20.4. The quantitative estimate of drug-likeness (QED) is 0.138. The average Bonchev–Trinajstić information content (AvgIpc) is 2.70. The third-order valence-corrected chi connectivity index (χ3v) is 7.33. The lowest BCUT2D eigenvalue weighted by atomic mass is 10.0. The van der Waals surface area contributed by atoms with Crippen molar-refractivity contribution in [3.63, 3.8) is 0 Å². The molecule has 0 saturated heterocycles. The Morgan fingerprint density at radius 3 is 1.53 bits per heavy atom. The van der Waals surface area contributed by atoms with Crippen molar-refractivity contribution in [3.05, 3.63) is 0 Å². The molecule has 2 N–H and O–H groups in total. The molecule has 0 spiro atoms. The first-order chi connectivity index (χ1) is 14.4. The van der Waals surface area contributed by atoms with Crippen molar-refractivity contribution < 1.29 is 27.8 Å². The van der Waals surface area contributed by atoms with Crippen LogP contribution < -0.4 is 0 Å². The molecule has 0 aliphatic rings. The van der Waals surface area contributed by atoms with E-state index in [0.717, 1.165) is 12.8 Å². The summed E-state index contributed by atoms with van der Waals surface area (Å²) < 4.78 is 32.3. The van der Waals surface area contributed by atoms with E-state index in [9.17, 15) is 8.77 Å². The molecule has 8 heteroatoms. The second kappa shape index (κ2) is 21.1. The Balaban J connectivity index is 3.38. The SMILES string of the molecule is CCCCCCCCCCCCCCCCCCS(=O)CC(COP(=O)(O)O)OC. The molecule has 0 aromatic carbocycles. The Bertz CT molecular complexity index is 443. The number of rotatable bonds is 23. The Kier molecular flexibility index (Phi) is 21.2. The maximum atomic E-state index is 12.1. The lowest BCUT2D eigenvalue weighted by Crippen LogP contribution is -2.25. The minimum Gasteiger partial charge on any atom is -0.378 e. The molecular weight excluding hydrogens is 423 g/mol. The maximum Gasteiger partial charge on any atom is 0.469 e. The topological polar surface area (TPSA) is 93.1 Å². The van der Waals surface area contributed by atoms with Crippen LogP contribution in [0.5, 0.6) is 0 Å². The molecule has 0 aromatic heterocycles. The molecule has 6 nitrogen and oxygen atoms in total. The average molecular weight is 471 g/mol. The van der Waals surface area contributed by atoms with E-state index >= 15 is 0 Å². The van der Waals surface area contributed by atoms with E-state index in [1.165, 1.54) is 97.0 Å². The second-order valence-electron chi connectivity index (χ2n) is 8.26. The van der Waals surface area contributed by atoms with Gasteiger partial charge >= 0.3 is 7.82 Å². The predicted octanol–water partition coefficient (Wildman–Crippen LogP) is 6.12. The van der Waals surface area contributed by atoms with Crippen molar-refractivity contribution in [2.75, 3.05) is 25.2 Å². The molecule has 0 rings (SSSR count). The van der Waals surface area contributed by atoms with Crippen LogP contribution in [0.2, 0.25) is 0 Å². The van der Waals surface area contributed by atoms with Gasteiger partial charge in [-0.3, -0.25) is 8.73 Å². The van der Waals surface area contributed by atoms with Gasteiger partial charge in [-0.25, -0.2) is 4.57 Å². The highest BCUT2D eigenvalue weighted by molar-refractivity contribution is 7.85. The number of unbranched alkanes of at least 4 members (excludes halogenated alkanes) is 15. The molecule has 182 valence electrons. The highest BCUT2D eigenvalue weighted by Crippen LogP contribution is 2.35. The molecule has 30 heavy (non-hydrogen) atoms. The van der Waals surface area contributed by atoms with Crippen LogP contribution in [0.1, 0.15) is 110 Å². The van der Waals surface area contributed by atoms with E-state index in [2.05, 4.69) is 11.4 Å². The number of hydrogen-bond acceptors (Lipinski definition) is 4. The van der Waals surface area contributed by atoms with Gasteiger partial charge in [0, 0.05) is 23.7 Å². The van der Waals surface area contributed by atoms with Crippen molar-refractivity contribution in [1.29, 1.82) is 0 Å². The molecular formula is C22H47O6PS. The fraction of sp³-hybridized carbons (Fsp3) is 1.00. The van der Waals surface area contributed by atoms with Crippen LogP contribution in [0.4, 0.5) is 0 Å². The van der Waals surface area contributed by atoms with Gasteiger partial charge in [0.15, 0.2) is 0 Å². The third kappa shape index (κ3) is 22.9. The minimum atomic E-state index is -4.51. The first-order valence-electron chi connectivity index (χ1n) is 12.0. The monoisotopic (exact) mass is 470 g/mol. The van der Waals surface area contributed by atoms with Gasteiger partial charge in [-0.2, -0.15) is 0 Å². The van der Waals surface area contributed by atoms with Gasteiger partial charge < -0.3 is 14.5 Å². The van der Waals surface area contributed by atoms with E-state index in [0.29, 0.717) is 5.75 Å². The van der Waals surface area contributed by atoms with E-state index in [4.69, 9.17) is 14.5 Å². The van der Waals surface area contributed by atoms with Crippen LogP contribution in [0, 0.1) is 0 Å². The molecule has 0 fully saturated rings. The summed E-state index contributed by atoms with van der Waals surface area (Å²) in [6, 6.07) is 0. The zero-order valence-electron chi connectivity index (χ0n) is 19.4. The Morgan fingerprint density at radius 1 is 0.767 bits per heavy atom. The van der Waals surface area contributed by atoms with Crippen molar-refractivity contribution in [2.45, 2.75) is 116 Å². The third-order valence-electron chi connectivity index (χ3n) is 5.36. The highest BCUT2D eigenvalue weighted by Gasteiger charge is 2.19. The Morgan fingerprint density at radius 2 is 1.17 bits per heavy atom. The van der Waals surface area contributed by atoms with Gasteiger partial charge in [0.2, 0.25) is 0 Å². The summed E-state index contributed by atoms with van der Waals surface area (Å²) in [5.41, 5.74) is 0. The number of hydrogen-bond donors (Lipinski definition) is 2. The number of ether oxygens (including phenoxy) is 1. The number of methoxy groups -OCH3 is 1. The summed E-state index contributed by atoms with van der Waals surface area (Å²) in [5.74, 6) is 0.851. The summed E-state index contributed by atoms with van der Waals surface area (Å²) in [7, 11) is -4.13. The van der Waals surface area contributed by atoms with Crippen LogP contribution in [0.15, 0.2) is 0 Å². The summed E-state index contributed by atoms with van der Waals surface area (Å²) in [6.45, 7) is 2.02. The highest BCUT2D eigenvalue weighted by atomic mass is 32.2. The van der Waals surface area contributed by atoms with Crippen LogP contribution in [0.3, 0.4) is 0 Å². The van der Waals surface area contributed by atoms with Gasteiger partial charge in [0.1, 0.15) is 0 Å². The fourth-order valence-electron chi connectivity index (χ4n) is 3.47. The van der Waals surface area contributed by atoms with Crippen molar-refractivity contribution in [1.82, 2.24) is 0 Å². The molecule has 0 aliphatic heterocycles. The molecule has 0 aliphatic carbocycles. The van der Waals surface area contributed by atoms with Crippen molar-refractivity contribution >= 4 is 18.6 Å². The normalized spacial score (nSPS) is 14.1. The van der Waals surface area contributed by atoms with E-state index < -0.39 is 24.7 Å². The first-order valence-corrected chi connectivity index (χ1v) is 15.0. The number of phosphoric ester groups is 1. The molecule has 0 bridgehead atoms. The van der Waals surface area contributed by atoms with E-state index in [1.54, 1.807) is 0 Å². The Hall–Kier alpha value is 0.220. The van der Waals surface area contributed by atoms with Crippen LogP contribution in [0.25, 0.3) is 0 Å². The van der Waals surface area contributed by atoms with Crippen LogP contribution in [-0.2, 0) is 24.6 Å². The van der Waals surface area contributed by atoms with Crippen LogP contribution in [-0.4, -0.2) is 45.3 Å². The van der Waals surface area contributed by atoms with Crippen LogP contribution >= 0.6 is 7.82 Å². The molecule has 2 unspecified atom stereocenters. The van der Waals surface area contributed by atoms with Gasteiger partial charge in [-0.05, 0) is 6.42 Å². The molecule has 0 aromatic rings. The maximum absolute atomic E-state index is 12.1. The summed E-state index contributed by atoms with van der Waals surface area (Å²) in [4.78, 5) is 17.4. The van der Waals surface area contributed by atoms with E-state index in [-0.39, 0.29) is 12.4 Å². The van der Waals surface area contributed by atoms with Gasteiger partial charge in [-0.15, -0.1) is 0 Å².